The molecule has 0 atom stereocenters. The second-order valence-corrected chi connectivity index (χ2v) is 8.44. The van der Waals surface area contributed by atoms with Crippen LogP contribution >= 0.6 is 45.8 Å². The van der Waals surface area contributed by atoms with Gasteiger partial charge in [0.15, 0.2) is 0 Å². The predicted molar refractivity (Wildman–Crippen MR) is 84.6 cm³/mol. The molecule has 0 aromatic carbocycles. The molecule has 0 radical (unpaired) electrons. The van der Waals surface area contributed by atoms with Gasteiger partial charge >= 0.3 is 0 Å². The molecule has 4 bridgehead atoms. The summed E-state index contributed by atoms with van der Waals surface area (Å²) >= 11 is 14.5. The molecule has 0 unspecified atom stereocenters. The zero-order valence-corrected chi connectivity index (χ0v) is 14.2. The Kier molecular flexibility index (Phi) is 3.06. The average Bonchev–Trinajstić information content (AvgIpc) is 2.33. The number of halogens is 3. The Bertz CT molecular complexity index is 488. The Hall–Kier alpha value is 0.390. The fourth-order valence-corrected chi connectivity index (χ4v) is 5.64. The molecule has 4 fully saturated rings. The summed E-state index contributed by atoms with van der Waals surface area (Å²) in [5.41, 5.74) is 0.173. The van der Waals surface area contributed by atoms with Crippen molar-refractivity contribution in [1.29, 1.82) is 0 Å². The third-order valence-corrected chi connectivity index (χ3v) is 7.49. The van der Waals surface area contributed by atoms with Gasteiger partial charge in [0.25, 0.3) is 0 Å². The van der Waals surface area contributed by atoms with Gasteiger partial charge < -0.3 is 0 Å². The van der Waals surface area contributed by atoms with Crippen molar-refractivity contribution in [2.24, 2.45) is 17.8 Å². The lowest BCUT2D eigenvalue weighted by Gasteiger charge is -2.56. The van der Waals surface area contributed by atoms with Gasteiger partial charge in [-0.05, 0) is 78.9 Å². The van der Waals surface area contributed by atoms with Crippen molar-refractivity contribution in [3.8, 4) is 0 Å². The number of nitrogens with zero attached hydrogens (tertiary/aromatic N) is 2. The summed E-state index contributed by atoms with van der Waals surface area (Å²) in [5.74, 6) is 3.56. The van der Waals surface area contributed by atoms with E-state index in [0.29, 0.717) is 10.3 Å². The SMILES string of the molecule is Clc1nc(C23CC4CC(CC(C4)C2)C3)nc(Cl)c1I. The van der Waals surface area contributed by atoms with Gasteiger partial charge in [-0.1, -0.05) is 23.2 Å². The molecule has 4 saturated carbocycles. The summed E-state index contributed by atoms with van der Waals surface area (Å²) in [7, 11) is 0. The predicted octanol–water partition coefficient (Wildman–Crippen LogP) is 4.86. The number of rotatable bonds is 1. The van der Waals surface area contributed by atoms with Crippen molar-refractivity contribution in [1.82, 2.24) is 9.97 Å². The maximum Gasteiger partial charge on any atom is 0.147 e. The molecule has 0 spiro atoms. The van der Waals surface area contributed by atoms with Gasteiger partial charge in [-0.2, -0.15) is 0 Å². The van der Waals surface area contributed by atoms with Gasteiger partial charge in [0.05, 0.1) is 3.57 Å². The quantitative estimate of drug-likeness (QED) is 0.490. The first kappa shape index (κ1) is 13.1. The smallest absolute Gasteiger partial charge is 0.147 e. The van der Waals surface area contributed by atoms with Gasteiger partial charge in [-0.25, -0.2) is 9.97 Å². The molecule has 19 heavy (non-hydrogen) atoms. The van der Waals surface area contributed by atoms with E-state index in [4.69, 9.17) is 23.2 Å². The Balaban J connectivity index is 1.79. The molecule has 0 N–H and O–H groups in total. The highest BCUT2D eigenvalue weighted by atomic mass is 127. The molecule has 102 valence electrons. The van der Waals surface area contributed by atoms with Crippen molar-refractivity contribution < 1.29 is 0 Å². The molecule has 5 heteroatoms. The van der Waals surface area contributed by atoms with Gasteiger partial charge in [0, 0.05) is 5.41 Å². The lowest BCUT2D eigenvalue weighted by Crippen LogP contribution is -2.49. The van der Waals surface area contributed by atoms with E-state index < -0.39 is 0 Å². The van der Waals surface area contributed by atoms with Crippen molar-refractivity contribution in [2.45, 2.75) is 43.9 Å². The maximum absolute atomic E-state index is 6.22. The van der Waals surface area contributed by atoms with Crippen LogP contribution in [0.2, 0.25) is 10.3 Å². The van der Waals surface area contributed by atoms with Gasteiger partial charge in [-0.15, -0.1) is 0 Å². The molecule has 1 aromatic heterocycles. The first-order chi connectivity index (χ1) is 9.06. The van der Waals surface area contributed by atoms with Crippen molar-refractivity contribution in [2.75, 3.05) is 0 Å². The summed E-state index contributed by atoms with van der Waals surface area (Å²) in [6.45, 7) is 0. The normalized spacial score (nSPS) is 39.8. The minimum Gasteiger partial charge on any atom is -0.219 e. The fraction of sp³-hybridized carbons (Fsp3) is 0.714. The van der Waals surface area contributed by atoms with Crippen LogP contribution in [-0.4, -0.2) is 9.97 Å². The molecule has 5 rings (SSSR count). The van der Waals surface area contributed by atoms with Crippen LogP contribution in [-0.2, 0) is 5.41 Å². The summed E-state index contributed by atoms with van der Waals surface area (Å²) in [6, 6.07) is 0. The minimum absolute atomic E-state index is 0.173. The van der Waals surface area contributed by atoms with Crippen LogP contribution in [0.1, 0.15) is 44.3 Å². The lowest BCUT2D eigenvalue weighted by molar-refractivity contribution is -0.00940. The van der Waals surface area contributed by atoms with Gasteiger partial charge in [0.1, 0.15) is 16.1 Å². The maximum atomic E-state index is 6.22. The molecular weight excluding hydrogens is 394 g/mol. The van der Waals surface area contributed by atoms with E-state index in [-0.39, 0.29) is 5.41 Å². The van der Waals surface area contributed by atoms with Crippen molar-refractivity contribution in [3.05, 3.63) is 19.7 Å². The highest BCUT2D eigenvalue weighted by Crippen LogP contribution is 2.60. The van der Waals surface area contributed by atoms with E-state index in [1.807, 2.05) is 0 Å². The largest absolute Gasteiger partial charge is 0.219 e. The standard InChI is InChI=1S/C14H15Cl2IN2/c15-11-10(17)12(16)19-13(18-11)14-4-7-1-8(5-14)3-9(2-7)6-14/h7-9H,1-6H2. The van der Waals surface area contributed by atoms with E-state index in [1.165, 1.54) is 38.5 Å². The summed E-state index contributed by atoms with van der Waals surface area (Å²) in [6.07, 6.45) is 7.99. The molecule has 0 saturated heterocycles. The summed E-state index contributed by atoms with van der Waals surface area (Å²) in [4.78, 5) is 9.17. The molecule has 0 amide bonds. The Morgan fingerprint density at radius 1 is 0.895 bits per heavy atom. The Labute approximate surface area is 136 Å². The molecule has 4 aliphatic carbocycles. The molecule has 4 aliphatic rings. The first-order valence-corrected chi connectivity index (χ1v) is 8.78. The number of hydrogen-bond acceptors (Lipinski definition) is 2. The zero-order chi connectivity index (χ0) is 13.2. The van der Waals surface area contributed by atoms with E-state index in [9.17, 15) is 0 Å². The van der Waals surface area contributed by atoms with Crippen LogP contribution in [0.5, 0.6) is 0 Å². The molecular formula is C14H15Cl2IN2. The Morgan fingerprint density at radius 2 is 1.32 bits per heavy atom. The van der Waals surface area contributed by atoms with Crippen LogP contribution in [0.3, 0.4) is 0 Å². The summed E-state index contributed by atoms with van der Waals surface area (Å²) in [5, 5.41) is 1.04. The van der Waals surface area contributed by atoms with Crippen LogP contribution < -0.4 is 0 Å². The van der Waals surface area contributed by atoms with Crippen LogP contribution in [0, 0.1) is 21.3 Å². The highest BCUT2D eigenvalue weighted by Gasteiger charge is 2.53. The topological polar surface area (TPSA) is 25.8 Å². The number of aromatic nitrogens is 2. The van der Waals surface area contributed by atoms with Gasteiger partial charge in [-0.3, -0.25) is 0 Å². The van der Waals surface area contributed by atoms with E-state index >= 15 is 0 Å². The highest BCUT2D eigenvalue weighted by molar-refractivity contribution is 14.1. The average molecular weight is 409 g/mol. The molecule has 1 heterocycles. The van der Waals surface area contributed by atoms with Crippen molar-refractivity contribution in [3.63, 3.8) is 0 Å². The van der Waals surface area contributed by atoms with Crippen molar-refractivity contribution >= 4 is 45.8 Å². The fourth-order valence-electron chi connectivity index (χ4n) is 5.02. The third kappa shape index (κ3) is 2.03. The minimum atomic E-state index is 0.173. The second kappa shape index (κ2) is 4.44. The van der Waals surface area contributed by atoms with Gasteiger partial charge in [0.2, 0.25) is 0 Å². The van der Waals surface area contributed by atoms with E-state index in [1.54, 1.807) is 0 Å². The zero-order valence-electron chi connectivity index (χ0n) is 10.5. The number of hydrogen-bond donors (Lipinski definition) is 0. The Morgan fingerprint density at radius 3 is 1.74 bits per heavy atom. The summed E-state index contributed by atoms with van der Waals surface area (Å²) < 4.78 is 0.773. The lowest BCUT2D eigenvalue weighted by atomic mass is 9.49. The molecule has 1 aromatic rings. The van der Waals surface area contributed by atoms with Crippen LogP contribution in [0.25, 0.3) is 0 Å². The van der Waals surface area contributed by atoms with E-state index in [0.717, 1.165) is 27.1 Å². The van der Waals surface area contributed by atoms with E-state index in [2.05, 4.69) is 32.6 Å². The van der Waals surface area contributed by atoms with Crippen LogP contribution in [0.4, 0.5) is 0 Å². The monoisotopic (exact) mass is 408 g/mol. The first-order valence-electron chi connectivity index (χ1n) is 6.95. The van der Waals surface area contributed by atoms with Crippen LogP contribution in [0.15, 0.2) is 0 Å². The second-order valence-electron chi connectivity index (χ2n) is 6.64. The molecule has 2 nitrogen and oxygen atoms in total. The third-order valence-electron chi connectivity index (χ3n) is 5.28. The molecule has 0 aliphatic heterocycles.